The SMILES string of the molecule is O=C(CCCCCNC(=O)C(Cc1ccccc1)NC(=O)NC(=O)c1ccccc1)NO. The van der Waals surface area contributed by atoms with Crippen molar-refractivity contribution in [1.29, 1.82) is 0 Å². The fraction of sp³-hybridized carbons (Fsp3) is 0.304. The van der Waals surface area contributed by atoms with Gasteiger partial charge in [-0.3, -0.25) is 24.9 Å². The minimum Gasteiger partial charge on any atom is -0.354 e. The number of hydroxylamine groups is 1. The number of carbonyl (C=O) groups excluding carboxylic acids is 4. The summed E-state index contributed by atoms with van der Waals surface area (Å²) < 4.78 is 0. The molecule has 5 amide bonds. The van der Waals surface area contributed by atoms with E-state index in [0.717, 1.165) is 5.56 Å². The maximum absolute atomic E-state index is 12.7. The number of hydrogen-bond donors (Lipinski definition) is 5. The molecule has 0 saturated heterocycles. The lowest BCUT2D eigenvalue weighted by Crippen LogP contribution is -2.52. The maximum Gasteiger partial charge on any atom is 0.322 e. The van der Waals surface area contributed by atoms with Gasteiger partial charge in [0.2, 0.25) is 11.8 Å². The summed E-state index contributed by atoms with van der Waals surface area (Å²) in [6.45, 7) is 0.372. The Morgan fingerprint density at radius 1 is 0.844 bits per heavy atom. The Balaban J connectivity index is 1.88. The molecule has 1 unspecified atom stereocenters. The lowest BCUT2D eigenvalue weighted by atomic mass is 10.1. The number of urea groups is 1. The van der Waals surface area contributed by atoms with Crippen LogP contribution < -0.4 is 21.4 Å². The van der Waals surface area contributed by atoms with E-state index < -0.39 is 23.9 Å². The van der Waals surface area contributed by atoms with Crippen LogP contribution in [0.5, 0.6) is 0 Å². The first-order chi connectivity index (χ1) is 15.5. The number of benzene rings is 2. The molecule has 32 heavy (non-hydrogen) atoms. The number of rotatable bonds is 11. The second-order valence-corrected chi connectivity index (χ2v) is 7.17. The van der Waals surface area contributed by atoms with E-state index in [-0.39, 0.29) is 18.7 Å². The van der Waals surface area contributed by atoms with E-state index in [1.807, 2.05) is 30.3 Å². The Morgan fingerprint density at radius 2 is 1.50 bits per heavy atom. The molecular formula is C23H28N4O5. The van der Waals surface area contributed by atoms with Gasteiger partial charge in [-0.15, -0.1) is 0 Å². The van der Waals surface area contributed by atoms with Crippen molar-refractivity contribution in [2.45, 2.75) is 38.1 Å². The van der Waals surface area contributed by atoms with Crippen LogP contribution in [-0.2, 0) is 16.0 Å². The largest absolute Gasteiger partial charge is 0.354 e. The van der Waals surface area contributed by atoms with Crippen LogP contribution in [-0.4, -0.2) is 41.5 Å². The molecule has 2 aromatic rings. The van der Waals surface area contributed by atoms with E-state index in [1.54, 1.807) is 35.8 Å². The summed E-state index contributed by atoms with van der Waals surface area (Å²) in [5, 5.41) is 16.1. The van der Waals surface area contributed by atoms with Gasteiger partial charge in [0, 0.05) is 24.9 Å². The summed E-state index contributed by atoms with van der Waals surface area (Å²) in [6.07, 6.45) is 2.38. The summed E-state index contributed by atoms with van der Waals surface area (Å²) in [6, 6.07) is 15.9. The van der Waals surface area contributed by atoms with Crippen LogP contribution >= 0.6 is 0 Å². The van der Waals surface area contributed by atoms with Gasteiger partial charge in [0.25, 0.3) is 5.91 Å². The minimum atomic E-state index is -0.874. The average molecular weight is 441 g/mol. The van der Waals surface area contributed by atoms with E-state index in [1.165, 1.54) is 0 Å². The highest BCUT2D eigenvalue weighted by Gasteiger charge is 2.22. The molecule has 0 fully saturated rings. The Bertz CT molecular complexity index is 890. The molecule has 2 rings (SSSR count). The molecule has 170 valence electrons. The highest BCUT2D eigenvalue weighted by molar-refractivity contribution is 6.04. The summed E-state index contributed by atoms with van der Waals surface area (Å²) in [4.78, 5) is 48.2. The molecule has 0 aromatic heterocycles. The second kappa shape index (κ2) is 13.6. The van der Waals surface area contributed by atoms with Crippen LogP contribution in [0.4, 0.5) is 4.79 Å². The van der Waals surface area contributed by atoms with Gasteiger partial charge in [-0.1, -0.05) is 55.0 Å². The summed E-state index contributed by atoms with van der Waals surface area (Å²) in [5.41, 5.74) is 2.77. The van der Waals surface area contributed by atoms with E-state index in [4.69, 9.17) is 5.21 Å². The Labute approximate surface area is 186 Å². The molecule has 0 radical (unpaired) electrons. The van der Waals surface area contributed by atoms with Crippen LogP contribution in [0.25, 0.3) is 0 Å². The Kier molecular flexibility index (Phi) is 10.4. The summed E-state index contributed by atoms with van der Waals surface area (Å²) in [5.74, 6) is -1.38. The van der Waals surface area contributed by atoms with Gasteiger partial charge in [-0.25, -0.2) is 10.3 Å². The van der Waals surface area contributed by atoms with Gasteiger partial charge in [0.05, 0.1) is 0 Å². The zero-order chi connectivity index (χ0) is 23.2. The predicted molar refractivity (Wildman–Crippen MR) is 118 cm³/mol. The molecule has 9 heteroatoms. The molecule has 0 aliphatic carbocycles. The Hall–Kier alpha value is -3.72. The van der Waals surface area contributed by atoms with E-state index in [0.29, 0.717) is 31.4 Å². The van der Waals surface area contributed by atoms with Crippen molar-refractivity contribution in [2.75, 3.05) is 6.54 Å². The lowest BCUT2D eigenvalue weighted by Gasteiger charge is -2.19. The van der Waals surface area contributed by atoms with E-state index in [9.17, 15) is 19.2 Å². The first kappa shape index (κ1) is 24.5. The predicted octanol–water partition coefficient (Wildman–Crippen LogP) is 1.92. The summed E-state index contributed by atoms with van der Waals surface area (Å²) in [7, 11) is 0. The van der Waals surface area contributed by atoms with Crippen molar-refractivity contribution in [2.24, 2.45) is 0 Å². The normalized spacial score (nSPS) is 11.2. The highest BCUT2D eigenvalue weighted by Crippen LogP contribution is 2.05. The average Bonchev–Trinajstić information content (AvgIpc) is 2.81. The zero-order valence-electron chi connectivity index (χ0n) is 17.7. The number of imide groups is 1. The van der Waals surface area contributed by atoms with Gasteiger partial charge in [0.1, 0.15) is 6.04 Å². The first-order valence-electron chi connectivity index (χ1n) is 10.4. The zero-order valence-corrected chi connectivity index (χ0v) is 17.7. The molecule has 9 nitrogen and oxygen atoms in total. The molecule has 1 atom stereocenters. The van der Waals surface area contributed by atoms with Crippen molar-refractivity contribution in [3.05, 3.63) is 71.8 Å². The molecule has 0 aliphatic rings. The topological polar surface area (TPSA) is 137 Å². The van der Waals surface area contributed by atoms with Gasteiger partial charge >= 0.3 is 6.03 Å². The van der Waals surface area contributed by atoms with E-state index in [2.05, 4.69) is 16.0 Å². The van der Waals surface area contributed by atoms with Crippen molar-refractivity contribution in [3.8, 4) is 0 Å². The third kappa shape index (κ3) is 8.97. The van der Waals surface area contributed by atoms with Crippen LogP contribution in [0.3, 0.4) is 0 Å². The van der Waals surface area contributed by atoms with Crippen molar-refractivity contribution < 1.29 is 24.4 Å². The fourth-order valence-corrected chi connectivity index (χ4v) is 3.00. The van der Waals surface area contributed by atoms with Gasteiger partial charge in [-0.2, -0.15) is 0 Å². The number of unbranched alkanes of at least 4 members (excludes halogenated alkanes) is 2. The number of nitrogens with one attached hydrogen (secondary N) is 4. The highest BCUT2D eigenvalue weighted by atomic mass is 16.5. The molecule has 0 bridgehead atoms. The van der Waals surface area contributed by atoms with Crippen LogP contribution in [0.15, 0.2) is 60.7 Å². The molecular weight excluding hydrogens is 412 g/mol. The third-order valence-electron chi connectivity index (χ3n) is 4.67. The van der Waals surface area contributed by atoms with Crippen molar-refractivity contribution in [1.82, 2.24) is 21.4 Å². The number of hydrogen-bond acceptors (Lipinski definition) is 5. The van der Waals surface area contributed by atoms with Crippen LogP contribution in [0, 0.1) is 0 Å². The molecule has 5 N–H and O–H groups in total. The standard InChI is InChI=1S/C23H28N4O5/c28-20(27-32)14-8-3-9-15-24-22(30)19(16-17-10-4-1-5-11-17)25-23(31)26-21(29)18-12-6-2-7-13-18/h1-2,4-7,10-13,19,32H,3,8-9,14-16H2,(H,24,30)(H,27,28)(H2,25,26,29,31). The quantitative estimate of drug-likeness (QED) is 0.207. The molecule has 0 spiro atoms. The van der Waals surface area contributed by atoms with Gasteiger partial charge < -0.3 is 10.6 Å². The molecule has 0 aliphatic heterocycles. The van der Waals surface area contributed by atoms with Gasteiger partial charge in [-0.05, 0) is 30.5 Å². The number of amides is 5. The van der Waals surface area contributed by atoms with Crippen LogP contribution in [0.1, 0.15) is 41.6 Å². The Morgan fingerprint density at radius 3 is 2.16 bits per heavy atom. The second-order valence-electron chi connectivity index (χ2n) is 7.17. The van der Waals surface area contributed by atoms with Crippen molar-refractivity contribution >= 4 is 23.8 Å². The lowest BCUT2D eigenvalue weighted by molar-refractivity contribution is -0.129. The van der Waals surface area contributed by atoms with E-state index >= 15 is 0 Å². The molecule has 0 heterocycles. The smallest absolute Gasteiger partial charge is 0.322 e. The molecule has 2 aromatic carbocycles. The minimum absolute atomic E-state index is 0.207. The third-order valence-corrected chi connectivity index (χ3v) is 4.67. The van der Waals surface area contributed by atoms with Crippen LogP contribution in [0.2, 0.25) is 0 Å². The molecule has 0 saturated carbocycles. The monoisotopic (exact) mass is 440 g/mol. The number of carbonyl (C=O) groups is 4. The van der Waals surface area contributed by atoms with Gasteiger partial charge in [0.15, 0.2) is 0 Å². The van der Waals surface area contributed by atoms with Crippen molar-refractivity contribution in [3.63, 3.8) is 0 Å². The first-order valence-corrected chi connectivity index (χ1v) is 10.4. The maximum atomic E-state index is 12.7. The summed E-state index contributed by atoms with van der Waals surface area (Å²) >= 11 is 0. The fourth-order valence-electron chi connectivity index (χ4n) is 3.00.